The highest BCUT2D eigenvalue weighted by molar-refractivity contribution is 8.04. The normalized spacial score (nSPS) is 20.9. The van der Waals surface area contributed by atoms with Crippen molar-refractivity contribution in [2.24, 2.45) is 5.92 Å². The second-order valence-corrected chi connectivity index (χ2v) is 16.1. The van der Waals surface area contributed by atoms with Gasteiger partial charge in [-0.05, 0) is 47.0 Å². The number of hydrogen-bond donors (Lipinski definition) is 0. The first-order valence-electron chi connectivity index (χ1n) is 12.9. The Morgan fingerprint density at radius 3 is 2.26 bits per heavy atom. The molecule has 2 aromatic carbocycles. The Labute approximate surface area is 216 Å². The van der Waals surface area contributed by atoms with E-state index < -0.39 is 8.32 Å². The standard InChI is InChI=1S/C30H39NO2SSi/c1-24-21-25(31-28(32)23-34-29(31)22-24)15-9-5-6-14-20-33-35(30(2,3)4,26-16-10-7-11-17-26)27-18-12-8-13-19-27/h6-8,10-14,16-19,22,24-25H,5,9,15,20-21,23H2,1-4H3/b14-6-/t24-,25+/m0/s1. The highest BCUT2D eigenvalue weighted by atomic mass is 32.2. The predicted octanol–water partition coefficient (Wildman–Crippen LogP) is 6.11. The molecule has 1 fully saturated rings. The van der Waals surface area contributed by atoms with Gasteiger partial charge in [-0.15, -0.1) is 0 Å². The second kappa shape index (κ2) is 11.3. The molecule has 0 saturated carbocycles. The lowest BCUT2D eigenvalue weighted by Crippen LogP contribution is -2.66. The van der Waals surface area contributed by atoms with Crippen LogP contribution >= 0.6 is 11.8 Å². The Hall–Kier alpha value is -2.08. The lowest BCUT2D eigenvalue weighted by Gasteiger charge is -2.42. The van der Waals surface area contributed by atoms with Crippen molar-refractivity contribution in [2.45, 2.75) is 64.5 Å². The highest BCUT2D eigenvalue weighted by Gasteiger charge is 2.49. The fourth-order valence-corrected chi connectivity index (χ4v) is 11.2. The molecule has 2 heterocycles. The van der Waals surface area contributed by atoms with Gasteiger partial charge in [-0.25, -0.2) is 0 Å². The summed E-state index contributed by atoms with van der Waals surface area (Å²) in [5.74, 6) is 1.45. The van der Waals surface area contributed by atoms with Crippen molar-refractivity contribution in [2.75, 3.05) is 12.4 Å². The summed E-state index contributed by atoms with van der Waals surface area (Å²) < 4.78 is 6.94. The zero-order valence-electron chi connectivity index (χ0n) is 21.6. The van der Waals surface area contributed by atoms with Gasteiger partial charge in [-0.1, -0.05) is 118 Å². The second-order valence-electron chi connectivity index (χ2n) is 10.8. The average molecular weight is 506 g/mol. The van der Waals surface area contributed by atoms with E-state index >= 15 is 0 Å². The maximum Gasteiger partial charge on any atom is 0.261 e. The van der Waals surface area contributed by atoms with Gasteiger partial charge < -0.3 is 9.33 Å². The Balaban J connectivity index is 1.39. The summed E-state index contributed by atoms with van der Waals surface area (Å²) in [6, 6.07) is 22.0. The third kappa shape index (κ3) is 5.68. The summed E-state index contributed by atoms with van der Waals surface area (Å²) in [5.41, 5.74) is 0. The first kappa shape index (κ1) is 26.0. The summed E-state index contributed by atoms with van der Waals surface area (Å²) in [6.07, 6.45) is 11.0. The molecule has 0 aromatic heterocycles. The zero-order chi connectivity index (χ0) is 24.9. The summed E-state index contributed by atoms with van der Waals surface area (Å²) >= 11 is 1.70. The fourth-order valence-electron chi connectivity index (χ4n) is 5.59. The van der Waals surface area contributed by atoms with Gasteiger partial charge in [0.25, 0.3) is 8.32 Å². The summed E-state index contributed by atoms with van der Waals surface area (Å²) in [5, 5.41) is 3.81. The lowest BCUT2D eigenvalue weighted by atomic mass is 9.93. The van der Waals surface area contributed by atoms with Crippen LogP contribution in [0.15, 0.2) is 83.9 Å². The van der Waals surface area contributed by atoms with Crippen molar-refractivity contribution in [3.8, 4) is 0 Å². The van der Waals surface area contributed by atoms with Gasteiger partial charge in [0, 0.05) is 6.04 Å². The van der Waals surface area contributed by atoms with Crippen molar-refractivity contribution in [3.05, 3.63) is 83.9 Å². The molecule has 0 unspecified atom stereocenters. The molecule has 0 N–H and O–H groups in total. The molecule has 3 nitrogen and oxygen atoms in total. The number of amides is 1. The molecule has 2 aromatic rings. The number of hydrogen-bond acceptors (Lipinski definition) is 3. The van der Waals surface area contributed by atoms with Gasteiger partial charge in [0.2, 0.25) is 5.91 Å². The molecule has 35 heavy (non-hydrogen) atoms. The van der Waals surface area contributed by atoms with E-state index in [0.29, 0.717) is 24.3 Å². The minimum absolute atomic E-state index is 0.00722. The number of rotatable bonds is 9. The van der Waals surface area contributed by atoms with E-state index in [-0.39, 0.29) is 10.9 Å². The van der Waals surface area contributed by atoms with Crippen LogP contribution in [0.2, 0.25) is 5.04 Å². The van der Waals surface area contributed by atoms with Crippen LogP contribution in [0.5, 0.6) is 0 Å². The largest absolute Gasteiger partial charge is 0.404 e. The van der Waals surface area contributed by atoms with E-state index in [0.717, 1.165) is 25.7 Å². The van der Waals surface area contributed by atoms with Crippen LogP contribution in [-0.4, -0.2) is 37.5 Å². The van der Waals surface area contributed by atoms with Crippen molar-refractivity contribution in [1.29, 1.82) is 0 Å². The maximum atomic E-state index is 12.3. The van der Waals surface area contributed by atoms with Crippen LogP contribution in [0.4, 0.5) is 0 Å². The molecular weight excluding hydrogens is 466 g/mol. The number of fused-ring (bicyclic) bond motifs is 1. The minimum Gasteiger partial charge on any atom is -0.404 e. The Morgan fingerprint density at radius 2 is 1.66 bits per heavy atom. The predicted molar refractivity (Wildman–Crippen MR) is 152 cm³/mol. The third-order valence-corrected chi connectivity index (χ3v) is 13.2. The topological polar surface area (TPSA) is 29.5 Å². The Bertz CT molecular complexity index is 1010. The smallest absolute Gasteiger partial charge is 0.261 e. The molecule has 0 aliphatic carbocycles. The molecule has 5 heteroatoms. The molecule has 2 aliphatic heterocycles. The fraction of sp³-hybridized carbons (Fsp3) is 0.433. The first-order chi connectivity index (χ1) is 16.8. The monoisotopic (exact) mass is 505 g/mol. The minimum atomic E-state index is -2.48. The molecule has 186 valence electrons. The van der Waals surface area contributed by atoms with Crippen molar-refractivity contribution >= 4 is 36.4 Å². The molecular formula is C30H39NO2SSi. The molecule has 1 saturated heterocycles. The van der Waals surface area contributed by atoms with Crippen molar-refractivity contribution in [3.63, 3.8) is 0 Å². The zero-order valence-corrected chi connectivity index (χ0v) is 23.4. The number of carbonyl (C=O) groups excluding carboxylic acids is 1. The molecule has 0 spiro atoms. The van der Waals surface area contributed by atoms with Gasteiger partial charge >= 0.3 is 0 Å². The molecule has 1 amide bonds. The van der Waals surface area contributed by atoms with Gasteiger partial charge in [0.15, 0.2) is 0 Å². The summed E-state index contributed by atoms with van der Waals surface area (Å²) in [4.78, 5) is 14.4. The molecule has 2 atom stereocenters. The van der Waals surface area contributed by atoms with Gasteiger partial charge in [-0.2, -0.15) is 0 Å². The molecule has 0 radical (unpaired) electrons. The van der Waals surface area contributed by atoms with E-state index in [1.807, 2.05) is 0 Å². The van der Waals surface area contributed by atoms with Crippen LogP contribution in [0.1, 0.15) is 53.4 Å². The summed E-state index contributed by atoms with van der Waals surface area (Å²) in [7, 11) is -2.48. The van der Waals surface area contributed by atoms with Gasteiger partial charge in [0.05, 0.1) is 17.4 Å². The maximum absolute atomic E-state index is 12.3. The SMILES string of the molecule is C[C@@H]1C=C2SCC(=O)N2[C@H](CCC/C=C\CO[Si](c2ccccc2)(c2ccccc2)C(C)(C)C)C1. The van der Waals surface area contributed by atoms with Gasteiger partial charge in [0.1, 0.15) is 0 Å². The number of nitrogens with zero attached hydrogens (tertiary/aromatic N) is 1. The summed E-state index contributed by atoms with van der Waals surface area (Å²) in [6.45, 7) is 9.82. The average Bonchev–Trinajstić information content (AvgIpc) is 3.21. The van der Waals surface area contributed by atoms with Crippen LogP contribution in [0.3, 0.4) is 0 Å². The Morgan fingerprint density at radius 1 is 1.03 bits per heavy atom. The van der Waals surface area contributed by atoms with E-state index in [1.165, 1.54) is 15.4 Å². The van der Waals surface area contributed by atoms with Gasteiger partial charge in [-0.3, -0.25) is 4.79 Å². The molecule has 0 bridgehead atoms. The number of unbranched alkanes of at least 4 members (excludes halogenated alkanes) is 1. The van der Waals surface area contributed by atoms with Crippen molar-refractivity contribution in [1.82, 2.24) is 4.90 Å². The first-order valence-corrected chi connectivity index (χ1v) is 15.8. The van der Waals surface area contributed by atoms with E-state index in [9.17, 15) is 4.79 Å². The number of carbonyl (C=O) groups is 1. The Kier molecular flexibility index (Phi) is 8.41. The van der Waals surface area contributed by atoms with Crippen LogP contribution in [-0.2, 0) is 9.22 Å². The van der Waals surface area contributed by atoms with Crippen LogP contribution < -0.4 is 10.4 Å². The third-order valence-electron chi connectivity index (χ3n) is 7.17. The number of thioether (sulfide) groups is 1. The van der Waals surface area contributed by atoms with Crippen LogP contribution in [0, 0.1) is 5.92 Å². The van der Waals surface area contributed by atoms with Crippen molar-refractivity contribution < 1.29 is 9.22 Å². The van der Waals surface area contributed by atoms with E-state index in [1.54, 1.807) is 11.8 Å². The number of benzene rings is 2. The number of allylic oxidation sites excluding steroid dienone is 2. The lowest BCUT2D eigenvalue weighted by molar-refractivity contribution is -0.127. The van der Waals surface area contributed by atoms with E-state index in [2.05, 4.69) is 111 Å². The quantitative estimate of drug-likeness (QED) is 0.234. The highest BCUT2D eigenvalue weighted by Crippen LogP contribution is 2.39. The molecule has 2 aliphatic rings. The molecule has 4 rings (SSSR count). The van der Waals surface area contributed by atoms with Crippen LogP contribution in [0.25, 0.3) is 0 Å². The van der Waals surface area contributed by atoms with E-state index in [4.69, 9.17) is 4.43 Å².